The van der Waals surface area contributed by atoms with Crippen LogP contribution in [0.15, 0.2) is 67.0 Å². The van der Waals surface area contributed by atoms with Crippen LogP contribution in [0.2, 0.25) is 10.0 Å². The molecule has 7 nitrogen and oxygen atoms in total. The summed E-state index contributed by atoms with van der Waals surface area (Å²) < 4.78 is 0. The second-order valence-corrected chi connectivity index (χ2v) is 10.5. The van der Waals surface area contributed by atoms with Crippen molar-refractivity contribution < 1.29 is 4.79 Å². The lowest BCUT2D eigenvalue weighted by atomic mass is 10.0. The lowest BCUT2D eigenvalue weighted by Crippen LogP contribution is -2.37. The van der Waals surface area contributed by atoms with Gasteiger partial charge in [0.15, 0.2) is 0 Å². The van der Waals surface area contributed by atoms with Gasteiger partial charge in [-0.3, -0.25) is 4.79 Å². The highest BCUT2D eigenvalue weighted by Crippen LogP contribution is 2.32. The number of aromatic nitrogens is 4. The second-order valence-electron chi connectivity index (χ2n) is 9.71. The molecule has 0 bridgehead atoms. The molecule has 1 aliphatic heterocycles. The summed E-state index contributed by atoms with van der Waals surface area (Å²) in [6.07, 6.45) is 4.29. The number of carbonyl (C=O) groups is 1. The molecule has 2 aromatic heterocycles. The Morgan fingerprint density at radius 2 is 1.95 bits per heavy atom. The van der Waals surface area contributed by atoms with Crippen LogP contribution in [0.5, 0.6) is 0 Å². The summed E-state index contributed by atoms with van der Waals surface area (Å²) in [4.78, 5) is 32.5. The van der Waals surface area contributed by atoms with Crippen LogP contribution in [-0.4, -0.2) is 43.3 Å². The van der Waals surface area contributed by atoms with Gasteiger partial charge in [-0.05, 0) is 62.1 Å². The van der Waals surface area contributed by atoms with E-state index < -0.39 is 0 Å². The fraction of sp³-hybridized carbons (Fsp3) is 0.241. The van der Waals surface area contributed by atoms with Gasteiger partial charge >= 0.3 is 0 Å². The van der Waals surface area contributed by atoms with E-state index in [0.29, 0.717) is 26.9 Å². The number of nitrogens with zero attached hydrogens (tertiary/aromatic N) is 4. The van der Waals surface area contributed by atoms with Crippen LogP contribution in [-0.2, 0) is 6.42 Å². The number of carbonyl (C=O) groups excluding carboxylic acids is 1. The van der Waals surface area contributed by atoms with Crippen LogP contribution in [0.3, 0.4) is 0 Å². The average Bonchev–Trinajstić information content (AvgIpc) is 3.56. The number of halogens is 2. The Balaban J connectivity index is 1.26. The molecule has 5 aromatic rings. The van der Waals surface area contributed by atoms with Crippen LogP contribution in [0.1, 0.15) is 47.6 Å². The van der Waals surface area contributed by atoms with Crippen molar-refractivity contribution in [3.8, 4) is 0 Å². The van der Waals surface area contributed by atoms with Crippen molar-refractivity contribution in [3.63, 3.8) is 0 Å². The molecular weight excluding hydrogens is 519 g/mol. The van der Waals surface area contributed by atoms with Crippen molar-refractivity contribution in [1.29, 1.82) is 0 Å². The lowest BCUT2D eigenvalue weighted by Gasteiger charge is -2.25. The summed E-state index contributed by atoms with van der Waals surface area (Å²) in [5.41, 5.74) is 4.05. The summed E-state index contributed by atoms with van der Waals surface area (Å²) in [5, 5.41) is 5.17. The van der Waals surface area contributed by atoms with Crippen molar-refractivity contribution >= 4 is 56.9 Å². The first-order valence-corrected chi connectivity index (χ1v) is 13.4. The van der Waals surface area contributed by atoms with Gasteiger partial charge in [0, 0.05) is 23.0 Å². The highest BCUT2D eigenvalue weighted by atomic mass is 35.5. The maximum atomic E-state index is 13.6. The predicted octanol–water partition coefficient (Wildman–Crippen LogP) is 6.83. The summed E-state index contributed by atoms with van der Waals surface area (Å²) in [6, 6.07) is 19.4. The zero-order valence-corrected chi connectivity index (χ0v) is 22.3. The highest BCUT2D eigenvalue weighted by molar-refractivity contribution is 6.35. The number of likely N-dealkylation sites (tertiary alicyclic amines) is 1. The van der Waals surface area contributed by atoms with Crippen LogP contribution < -0.4 is 5.32 Å². The van der Waals surface area contributed by atoms with Crippen LogP contribution >= 0.6 is 23.2 Å². The van der Waals surface area contributed by atoms with E-state index in [-0.39, 0.29) is 18.0 Å². The zero-order valence-electron chi connectivity index (χ0n) is 20.8. The normalized spacial score (nSPS) is 16.3. The number of imidazole rings is 1. The molecule has 3 aromatic carbocycles. The Labute approximate surface area is 230 Å². The molecule has 6 rings (SSSR count). The number of fused-ring (bicyclic) bond motifs is 2. The maximum absolute atomic E-state index is 13.6. The molecule has 1 unspecified atom stereocenters. The van der Waals surface area contributed by atoms with E-state index in [0.717, 1.165) is 48.1 Å². The number of amides is 1. The van der Waals surface area contributed by atoms with Crippen molar-refractivity contribution in [3.05, 3.63) is 94.0 Å². The van der Waals surface area contributed by atoms with Gasteiger partial charge in [0.25, 0.3) is 5.91 Å². The van der Waals surface area contributed by atoms with Crippen LogP contribution in [0.4, 0.5) is 5.82 Å². The first-order chi connectivity index (χ1) is 18.5. The predicted molar refractivity (Wildman–Crippen MR) is 152 cm³/mol. The molecule has 38 heavy (non-hydrogen) atoms. The van der Waals surface area contributed by atoms with E-state index in [1.54, 1.807) is 12.1 Å². The number of rotatable bonds is 6. The van der Waals surface area contributed by atoms with Gasteiger partial charge in [0.1, 0.15) is 18.0 Å². The van der Waals surface area contributed by atoms with Gasteiger partial charge < -0.3 is 15.2 Å². The van der Waals surface area contributed by atoms with Crippen molar-refractivity contribution in [2.75, 3.05) is 11.9 Å². The standard InChI is InChI=1S/C29H26Cl2N6O/c1-17(27-35-24-10-9-19(30)13-26(24)36-27)34-28-22-14-23(31)21(15-25(22)32-16-33-28)29(38)37-11-5-8-20(37)12-18-6-3-2-4-7-18/h2-4,6-7,9-10,13-17,20H,5,8,11-12H2,1H3,(H,35,36)(H,32,33,34)/t17-,20?/m1/s1. The van der Waals surface area contributed by atoms with E-state index in [1.807, 2.05) is 48.2 Å². The monoisotopic (exact) mass is 544 g/mol. The third-order valence-corrected chi connectivity index (χ3v) is 7.68. The molecule has 0 saturated carbocycles. The molecule has 2 atom stereocenters. The molecule has 0 aliphatic carbocycles. The number of hydrogen-bond donors (Lipinski definition) is 2. The number of benzene rings is 3. The van der Waals surface area contributed by atoms with Crippen molar-refractivity contribution in [2.45, 2.75) is 38.3 Å². The Morgan fingerprint density at radius 1 is 1.11 bits per heavy atom. The molecule has 1 saturated heterocycles. The molecule has 1 aliphatic rings. The minimum Gasteiger partial charge on any atom is -0.360 e. The Morgan fingerprint density at radius 3 is 2.79 bits per heavy atom. The Bertz CT molecular complexity index is 1640. The van der Waals surface area contributed by atoms with Gasteiger partial charge in [0.2, 0.25) is 0 Å². The van der Waals surface area contributed by atoms with E-state index in [1.165, 1.54) is 11.9 Å². The van der Waals surface area contributed by atoms with Crippen molar-refractivity contribution in [1.82, 2.24) is 24.8 Å². The number of aromatic amines is 1. The molecule has 1 amide bonds. The second kappa shape index (κ2) is 10.2. The molecule has 9 heteroatoms. The summed E-state index contributed by atoms with van der Waals surface area (Å²) in [7, 11) is 0. The SMILES string of the molecule is C[C@@H](Nc1ncnc2cc(C(=O)N3CCCC3Cc3ccccc3)c(Cl)cc12)c1nc2cc(Cl)ccc2[nH]1. The number of anilines is 1. The Hall–Kier alpha value is -3.68. The maximum Gasteiger partial charge on any atom is 0.255 e. The molecule has 3 heterocycles. The molecule has 0 spiro atoms. The minimum atomic E-state index is -0.178. The first kappa shape index (κ1) is 24.6. The molecule has 192 valence electrons. The molecular formula is C29H26Cl2N6O. The summed E-state index contributed by atoms with van der Waals surface area (Å²) in [5.74, 6) is 1.31. The van der Waals surface area contributed by atoms with E-state index in [9.17, 15) is 4.79 Å². The van der Waals surface area contributed by atoms with Crippen LogP contribution in [0, 0.1) is 0 Å². The number of nitrogens with one attached hydrogen (secondary N) is 2. The lowest BCUT2D eigenvalue weighted by molar-refractivity contribution is 0.0737. The van der Waals surface area contributed by atoms with E-state index >= 15 is 0 Å². The smallest absolute Gasteiger partial charge is 0.255 e. The van der Waals surface area contributed by atoms with Crippen LogP contribution in [0.25, 0.3) is 21.9 Å². The summed E-state index contributed by atoms with van der Waals surface area (Å²) >= 11 is 12.8. The van der Waals surface area contributed by atoms with E-state index in [2.05, 4.69) is 37.4 Å². The topological polar surface area (TPSA) is 86.8 Å². The first-order valence-electron chi connectivity index (χ1n) is 12.7. The average molecular weight is 545 g/mol. The largest absolute Gasteiger partial charge is 0.360 e. The van der Waals surface area contributed by atoms with Gasteiger partial charge in [-0.2, -0.15) is 0 Å². The van der Waals surface area contributed by atoms with Gasteiger partial charge in [-0.25, -0.2) is 15.0 Å². The zero-order chi connectivity index (χ0) is 26.2. The van der Waals surface area contributed by atoms with E-state index in [4.69, 9.17) is 23.2 Å². The number of H-pyrrole nitrogens is 1. The fourth-order valence-electron chi connectivity index (χ4n) is 5.19. The third-order valence-electron chi connectivity index (χ3n) is 7.13. The fourth-order valence-corrected chi connectivity index (χ4v) is 5.60. The molecule has 2 N–H and O–H groups in total. The molecule has 1 fully saturated rings. The highest BCUT2D eigenvalue weighted by Gasteiger charge is 2.31. The summed E-state index contributed by atoms with van der Waals surface area (Å²) in [6.45, 7) is 2.72. The van der Waals surface area contributed by atoms with Gasteiger partial charge in [-0.15, -0.1) is 0 Å². The van der Waals surface area contributed by atoms with Gasteiger partial charge in [0.05, 0.1) is 33.2 Å². The number of hydrogen-bond acceptors (Lipinski definition) is 5. The van der Waals surface area contributed by atoms with Gasteiger partial charge in [-0.1, -0.05) is 53.5 Å². The van der Waals surface area contributed by atoms with Crippen molar-refractivity contribution in [2.24, 2.45) is 0 Å². The molecule has 0 radical (unpaired) electrons. The third kappa shape index (κ3) is 4.79. The quantitative estimate of drug-likeness (QED) is 0.244. The minimum absolute atomic E-state index is 0.0576. The Kier molecular flexibility index (Phi) is 6.64.